The molecule has 1 fully saturated rings. The quantitative estimate of drug-likeness (QED) is 0.399. The van der Waals surface area contributed by atoms with E-state index in [9.17, 15) is 8.42 Å². The van der Waals surface area contributed by atoms with Crippen LogP contribution in [0.25, 0.3) is 0 Å². The number of nitrogens with zero attached hydrogens (tertiary/aromatic N) is 1. The van der Waals surface area contributed by atoms with Crippen molar-refractivity contribution in [1.82, 2.24) is 15.4 Å². The number of hydrogen-bond acceptors (Lipinski definition) is 3. The summed E-state index contributed by atoms with van der Waals surface area (Å²) in [6.07, 6.45) is 5.10. The summed E-state index contributed by atoms with van der Waals surface area (Å²) in [6, 6.07) is 7.54. The zero-order chi connectivity index (χ0) is 21.5. The van der Waals surface area contributed by atoms with Crippen LogP contribution < -0.4 is 15.4 Å². The van der Waals surface area contributed by atoms with E-state index in [4.69, 9.17) is 0 Å². The SMILES string of the molecule is CN=C(NCc1ccccc1CS(=O)(=O)NC(C)C)NCC1(CC(C)C)CCC1. The highest BCUT2D eigenvalue weighted by molar-refractivity contribution is 7.88. The molecule has 29 heavy (non-hydrogen) atoms. The molecule has 7 heteroatoms. The third-order valence-electron chi connectivity index (χ3n) is 5.44. The molecule has 0 radical (unpaired) electrons. The van der Waals surface area contributed by atoms with E-state index in [1.807, 2.05) is 38.1 Å². The van der Waals surface area contributed by atoms with E-state index in [1.54, 1.807) is 7.05 Å². The minimum atomic E-state index is -3.36. The lowest BCUT2D eigenvalue weighted by Crippen LogP contribution is -2.46. The van der Waals surface area contributed by atoms with Crippen molar-refractivity contribution in [2.45, 2.75) is 71.7 Å². The molecule has 0 amide bonds. The molecule has 0 saturated heterocycles. The second kappa shape index (κ2) is 10.4. The number of guanidine groups is 1. The van der Waals surface area contributed by atoms with Gasteiger partial charge in [0.15, 0.2) is 5.96 Å². The lowest BCUT2D eigenvalue weighted by molar-refractivity contribution is 0.104. The molecule has 1 aliphatic carbocycles. The van der Waals surface area contributed by atoms with Crippen LogP contribution in [-0.4, -0.2) is 34.0 Å². The van der Waals surface area contributed by atoms with E-state index >= 15 is 0 Å². The van der Waals surface area contributed by atoms with Crippen molar-refractivity contribution in [1.29, 1.82) is 0 Å². The van der Waals surface area contributed by atoms with Crippen LogP contribution in [0.15, 0.2) is 29.3 Å². The first kappa shape index (κ1) is 23.7. The highest BCUT2D eigenvalue weighted by Gasteiger charge is 2.37. The molecule has 0 atom stereocenters. The third-order valence-corrected chi connectivity index (χ3v) is 6.96. The molecule has 1 saturated carbocycles. The van der Waals surface area contributed by atoms with Crippen LogP contribution in [0.4, 0.5) is 0 Å². The van der Waals surface area contributed by atoms with Crippen molar-refractivity contribution in [3.05, 3.63) is 35.4 Å². The maximum absolute atomic E-state index is 12.3. The van der Waals surface area contributed by atoms with Crippen LogP contribution in [0.2, 0.25) is 0 Å². The zero-order valence-electron chi connectivity index (χ0n) is 18.6. The zero-order valence-corrected chi connectivity index (χ0v) is 19.4. The molecule has 0 aromatic heterocycles. The van der Waals surface area contributed by atoms with Crippen LogP contribution in [0.5, 0.6) is 0 Å². The highest BCUT2D eigenvalue weighted by atomic mass is 32.2. The number of aliphatic imine (C=N–C) groups is 1. The van der Waals surface area contributed by atoms with Crippen molar-refractivity contribution in [3.8, 4) is 0 Å². The number of nitrogens with one attached hydrogen (secondary N) is 3. The molecule has 1 aromatic carbocycles. The monoisotopic (exact) mass is 422 g/mol. The molecule has 0 spiro atoms. The first-order valence-electron chi connectivity index (χ1n) is 10.7. The fraction of sp³-hybridized carbons (Fsp3) is 0.682. The fourth-order valence-electron chi connectivity index (χ4n) is 4.14. The molecular weight excluding hydrogens is 384 g/mol. The summed E-state index contributed by atoms with van der Waals surface area (Å²) in [6.45, 7) is 9.69. The summed E-state index contributed by atoms with van der Waals surface area (Å²) < 4.78 is 27.3. The molecule has 1 aliphatic rings. The average molecular weight is 423 g/mol. The first-order chi connectivity index (χ1) is 13.6. The van der Waals surface area contributed by atoms with E-state index in [2.05, 4.69) is 34.2 Å². The van der Waals surface area contributed by atoms with Crippen molar-refractivity contribution < 1.29 is 8.42 Å². The molecule has 3 N–H and O–H groups in total. The Bertz CT molecular complexity index is 784. The summed E-state index contributed by atoms with van der Waals surface area (Å²) in [7, 11) is -1.59. The van der Waals surface area contributed by atoms with E-state index in [0.29, 0.717) is 17.9 Å². The summed E-state index contributed by atoms with van der Waals surface area (Å²) in [5.74, 6) is 1.44. The van der Waals surface area contributed by atoms with Gasteiger partial charge in [-0.1, -0.05) is 44.5 Å². The predicted molar refractivity (Wildman–Crippen MR) is 121 cm³/mol. The van der Waals surface area contributed by atoms with Gasteiger partial charge < -0.3 is 10.6 Å². The van der Waals surface area contributed by atoms with E-state index in [0.717, 1.165) is 23.6 Å². The lowest BCUT2D eigenvalue weighted by Gasteiger charge is -2.43. The Labute approximate surface area is 177 Å². The lowest BCUT2D eigenvalue weighted by atomic mass is 9.64. The second-order valence-corrected chi connectivity index (χ2v) is 10.8. The number of sulfonamides is 1. The van der Waals surface area contributed by atoms with E-state index < -0.39 is 10.0 Å². The van der Waals surface area contributed by atoms with Crippen LogP contribution in [0, 0.1) is 11.3 Å². The van der Waals surface area contributed by atoms with Gasteiger partial charge in [0.05, 0.1) is 5.75 Å². The fourth-order valence-corrected chi connectivity index (χ4v) is 5.64. The van der Waals surface area contributed by atoms with Gasteiger partial charge in [-0.05, 0) is 55.6 Å². The van der Waals surface area contributed by atoms with Crippen LogP contribution in [0.3, 0.4) is 0 Å². The number of rotatable bonds is 10. The smallest absolute Gasteiger partial charge is 0.216 e. The number of hydrogen-bond donors (Lipinski definition) is 3. The van der Waals surface area contributed by atoms with Gasteiger partial charge in [0, 0.05) is 26.2 Å². The van der Waals surface area contributed by atoms with E-state index in [1.165, 1.54) is 25.7 Å². The molecule has 1 aromatic rings. The second-order valence-electron chi connectivity index (χ2n) is 9.03. The van der Waals surface area contributed by atoms with Crippen molar-refractivity contribution >= 4 is 16.0 Å². The molecule has 6 nitrogen and oxygen atoms in total. The molecule has 2 rings (SSSR count). The Morgan fingerprint density at radius 1 is 1.10 bits per heavy atom. The van der Waals surface area contributed by atoms with Crippen molar-refractivity contribution in [2.75, 3.05) is 13.6 Å². The highest BCUT2D eigenvalue weighted by Crippen LogP contribution is 2.45. The Kier molecular flexibility index (Phi) is 8.52. The Balaban J connectivity index is 1.96. The van der Waals surface area contributed by atoms with Gasteiger partial charge in [-0.3, -0.25) is 4.99 Å². The van der Waals surface area contributed by atoms with Gasteiger partial charge in [-0.2, -0.15) is 0 Å². The van der Waals surface area contributed by atoms with E-state index in [-0.39, 0.29) is 11.8 Å². The van der Waals surface area contributed by atoms with Crippen LogP contribution in [-0.2, 0) is 22.3 Å². The van der Waals surface area contributed by atoms with Gasteiger partial charge in [0.2, 0.25) is 10.0 Å². The Hall–Kier alpha value is -1.60. The van der Waals surface area contributed by atoms with Gasteiger partial charge >= 0.3 is 0 Å². The normalized spacial score (nSPS) is 16.7. The largest absolute Gasteiger partial charge is 0.356 e. The molecule has 164 valence electrons. The van der Waals surface area contributed by atoms with Crippen LogP contribution in [0.1, 0.15) is 64.5 Å². The Morgan fingerprint density at radius 2 is 1.76 bits per heavy atom. The summed E-state index contributed by atoms with van der Waals surface area (Å²) in [5.41, 5.74) is 2.16. The van der Waals surface area contributed by atoms with Gasteiger partial charge in [-0.15, -0.1) is 0 Å². The molecule has 0 heterocycles. The predicted octanol–water partition coefficient (Wildman–Crippen LogP) is 3.40. The molecule has 0 aliphatic heterocycles. The Morgan fingerprint density at radius 3 is 2.28 bits per heavy atom. The maximum atomic E-state index is 12.3. The van der Waals surface area contributed by atoms with Gasteiger partial charge in [0.1, 0.15) is 0 Å². The number of benzene rings is 1. The first-order valence-corrected chi connectivity index (χ1v) is 12.3. The van der Waals surface area contributed by atoms with Gasteiger partial charge in [0.25, 0.3) is 0 Å². The molecular formula is C22H38N4O2S. The maximum Gasteiger partial charge on any atom is 0.216 e. The minimum Gasteiger partial charge on any atom is -0.356 e. The average Bonchev–Trinajstić information content (AvgIpc) is 2.58. The van der Waals surface area contributed by atoms with Crippen LogP contribution >= 0.6 is 0 Å². The summed E-state index contributed by atoms with van der Waals surface area (Å²) in [5, 5.41) is 6.84. The molecule has 0 bridgehead atoms. The van der Waals surface area contributed by atoms with Gasteiger partial charge in [-0.25, -0.2) is 13.1 Å². The minimum absolute atomic E-state index is 0.0213. The standard InChI is InChI=1S/C22H38N4O2S/c1-17(2)13-22(11-8-12-22)16-25-21(23-5)24-14-19-9-6-7-10-20(19)15-29(27,28)26-18(3)4/h6-7,9-10,17-18,26H,8,11-16H2,1-5H3,(H2,23,24,25). The molecule has 0 unspecified atom stereocenters. The third kappa shape index (κ3) is 7.63. The topological polar surface area (TPSA) is 82.6 Å². The van der Waals surface area contributed by atoms with Crippen molar-refractivity contribution in [3.63, 3.8) is 0 Å². The van der Waals surface area contributed by atoms with Crippen molar-refractivity contribution in [2.24, 2.45) is 16.3 Å². The summed E-state index contributed by atoms with van der Waals surface area (Å²) >= 11 is 0. The summed E-state index contributed by atoms with van der Waals surface area (Å²) in [4.78, 5) is 4.35.